The van der Waals surface area contributed by atoms with Gasteiger partial charge in [0.2, 0.25) is 0 Å². The summed E-state index contributed by atoms with van der Waals surface area (Å²) >= 11 is 0. The van der Waals surface area contributed by atoms with Crippen molar-refractivity contribution in [3.8, 4) is 0 Å². The largest absolute Gasteiger partial charge is 0.379 e. The van der Waals surface area contributed by atoms with Crippen LogP contribution in [0, 0.1) is 0 Å². The average molecular weight is 258 g/mol. The van der Waals surface area contributed by atoms with Crippen LogP contribution in [0.4, 0.5) is 5.69 Å². The highest BCUT2D eigenvalue weighted by Crippen LogP contribution is 2.13. The lowest BCUT2D eigenvalue weighted by Crippen LogP contribution is -2.05. The van der Waals surface area contributed by atoms with E-state index in [2.05, 4.69) is 46.8 Å². The Morgan fingerprint density at radius 1 is 1.16 bits per heavy atom. The molecular weight excluding hydrogens is 236 g/mol. The third-order valence-electron chi connectivity index (χ3n) is 3.30. The number of unbranched alkanes of at least 4 members (excludes halogenated alkanes) is 2. The van der Waals surface area contributed by atoms with E-state index in [9.17, 15) is 0 Å². The van der Waals surface area contributed by atoms with Gasteiger partial charge < -0.3 is 5.32 Å². The van der Waals surface area contributed by atoms with E-state index in [0.717, 1.165) is 17.9 Å². The lowest BCUT2D eigenvalue weighted by atomic mass is 10.1. The third-order valence-corrected chi connectivity index (χ3v) is 3.30. The summed E-state index contributed by atoms with van der Waals surface area (Å²) in [5.41, 5.74) is 3.63. The molecule has 1 aromatic carbocycles. The molecule has 19 heavy (non-hydrogen) atoms. The van der Waals surface area contributed by atoms with Crippen molar-refractivity contribution in [2.75, 3.05) is 5.32 Å². The van der Waals surface area contributed by atoms with Gasteiger partial charge in [-0.25, -0.2) is 0 Å². The van der Waals surface area contributed by atoms with Crippen molar-refractivity contribution in [1.82, 2.24) is 15.0 Å². The normalized spacial score (nSPS) is 10.6. The average Bonchev–Trinajstić information content (AvgIpc) is 2.84. The number of anilines is 1. The van der Waals surface area contributed by atoms with E-state index in [1.165, 1.54) is 31.2 Å². The molecule has 0 spiro atoms. The Kier molecular flexibility index (Phi) is 4.95. The zero-order chi connectivity index (χ0) is 13.5. The van der Waals surface area contributed by atoms with Gasteiger partial charge in [0.05, 0.1) is 18.4 Å². The molecule has 1 heterocycles. The fraction of sp³-hybridized carbons (Fsp3) is 0.467. The summed E-state index contributed by atoms with van der Waals surface area (Å²) in [6.45, 7) is 2.99. The van der Waals surface area contributed by atoms with Crippen molar-refractivity contribution in [2.24, 2.45) is 7.05 Å². The quantitative estimate of drug-likeness (QED) is 0.776. The highest BCUT2D eigenvalue weighted by molar-refractivity contribution is 5.44. The molecule has 0 aliphatic carbocycles. The predicted molar refractivity (Wildman–Crippen MR) is 78.0 cm³/mol. The molecule has 102 valence electrons. The van der Waals surface area contributed by atoms with Gasteiger partial charge in [0.25, 0.3) is 0 Å². The van der Waals surface area contributed by atoms with Crippen molar-refractivity contribution in [1.29, 1.82) is 0 Å². The number of rotatable bonds is 7. The Labute approximate surface area is 114 Å². The topological polar surface area (TPSA) is 42.7 Å². The standard InChI is InChI=1S/C15H22N4/c1-3-4-5-6-13-7-9-14(10-8-13)16-11-15-12-17-18-19(15)2/h7-10,12,16H,3-6,11H2,1-2H3. The molecule has 4 heteroatoms. The zero-order valence-electron chi connectivity index (χ0n) is 11.8. The summed E-state index contributed by atoms with van der Waals surface area (Å²) < 4.78 is 1.78. The van der Waals surface area contributed by atoms with Crippen molar-refractivity contribution in [3.05, 3.63) is 41.7 Å². The Morgan fingerprint density at radius 3 is 2.58 bits per heavy atom. The summed E-state index contributed by atoms with van der Waals surface area (Å²) in [5, 5.41) is 11.2. The van der Waals surface area contributed by atoms with Gasteiger partial charge in [0, 0.05) is 12.7 Å². The predicted octanol–water partition coefficient (Wildman–Crippen LogP) is 3.16. The number of benzene rings is 1. The SMILES string of the molecule is CCCCCc1ccc(NCc2cnnn2C)cc1. The molecule has 0 unspecified atom stereocenters. The van der Waals surface area contributed by atoms with Crippen LogP contribution in [0.3, 0.4) is 0 Å². The van der Waals surface area contributed by atoms with Crippen molar-refractivity contribution in [3.63, 3.8) is 0 Å². The number of hydrogen-bond acceptors (Lipinski definition) is 3. The van der Waals surface area contributed by atoms with Crippen molar-refractivity contribution in [2.45, 2.75) is 39.2 Å². The van der Waals surface area contributed by atoms with E-state index in [0.29, 0.717) is 0 Å². The summed E-state index contributed by atoms with van der Waals surface area (Å²) in [6, 6.07) is 8.70. The number of nitrogens with one attached hydrogen (secondary N) is 1. The van der Waals surface area contributed by atoms with E-state index >= 15 is 0 Å². The molecule has 1 N–H and O–H groups in total. The summed E-state index contributed by atoms with van der Waals surface area (Å²) in [4.78, 5) is 0. The molecule has 0 radical (unpaired) electrons. The second kappa shape index (κ2) is 6.92. The van der Waals surface area contributed by atoms with E-state index < -0.39 is 0 Å². The number of aromatic nitrogens is 3. The maximum Gasteiger partial charge on any atom is 0.0774 e. The highest BCUT2D eigenvalue weighted by atomic mass is 15.4. The van der Waals surface area contributed by atoms with Crippen LogP contribution >= 0.6 is 0 Å². The molecule has 4 nitrogen and oxygen atoms in total. The third kappa shape index (κ3) is 4.09. The first kappa shape index (κ1) is 13.6. The second-order valence-corrected chi connectivity index (χ2v) is 4.86. The van der Waals surface area contributed by atoms with Crippen LogP contribution in [-0.2, 0) is 20.0 Å². The molecule has 0 amide bonds. The number of hydrogen-bond donors (Lipinski definition) is 1. The first-order valence-corrected chi connectivity index (χ1v) is 6.96. The fourth-order valence-electron chi connectivity index (χ4n) is 2.03. The van der Waals surface area contributed by atoms with Crippen LogP contribution in [0.1, 0.15) is 37.4 Å². The van der Waals surface area contributed by atoms with Crippen molar-refractivity contribution < 1.29 is 0 Å². The van der Waals surface area contributed by atoms with Crippen LogP contribution in [-0.4, -0.2) is 15.0 Å². The first-order valence-electron chi connectivity index (χ1n) is 6.96. The van der Waals surface area contributed by atoms with Gasteiger partial charge in [0.1, 0.15) is 0 Å². The summed E-state index contributed by atoms with van der Waals surface area (Å²) in [7, 11) is 1.90. The fourth-order valence-corrected chi connectivity index (χ4v) is 2.03. The highest BCUT2D eigenvalue weighted by Gasteiger charge is 2.00. The molecule has 0 saturated heterocycles. The Balaban J connectivity index is 1.83. The van der Waals surface area contributed by atoms with Crippen molar-refractivity contribution >= 4 is 5.69 Å². The first-order chi connectivity index (χ1) is 9.29. The monoisotopic (exact) mass is 258 g/mol. The van der Waals surface area contributed by atoms with Crippen LogP contribution in [0.2, 0.25) is 0 Å². The molecule has 0 atom stereocenters. The van der Waals surface area contributed by atoms with Gasteiger partial charge in [-0.2, -0.15) is 0 Å². The Bertz CT molecular complexity index is 487. The minimum Gasteiger partial charge on any atom is -0.379 e. The molecular formula is C15H22N4. The van der Waals surface area contributed by atoms with E-state index in [1.807, 2.05) is 7.05 Å². The molecule has 0 aliphatic rings. The molecule has 0 fully saturated rings. The van der Waals surface area contributed by atoms with Crippen LogP contribution in [0.15, 0.2) is 30.5 Å². The molecule has 1 aromatic heterocycles. The minimum atomic E-state index is 0.749. The second-order valence-electron chi connectivity index (χ2n) is 4.86. The van der Waals surface area contributed by atoms with Gasteiger partial charge in [-0.05, 0) is 30.5 Å². The van der Waals surface area contributed by atoms with Gasteiger partial charge in [0.15, 0.2) is 0 Å². The lowest BCUT2D eigenvalue weighted by Gasteiger charge is -2.07. The van der Waals surface area contributed by atoms with E-state index in [1.54, 1.807) is 10.9 Å². The Hall–Kier alpha value is -1.84. The number of aryl methyl sites for hydroxylation is 2. The van der Waals surface area contributed by atoms with Crippen LogP contribution in [0.25, 0.3) is 0 Å². The summed E-state index contributed by atoms with van der Waals surface area (Å²) in [6.07, 6.45) is 6.84. The molecule has 2 rings (SSSR count). The molecule has 0 saturated carbocycles. The minimum absolute atomic E-state index is 0.749. The lowest BCUT2D eigenvalue weighted by molar-refractivity contribution is 0.683. The van der Waals surface area contributed by atoms with Crippen LogP contribution < -0.4 is 5.32 Å². The van der Waals surface area contributed by atoms with E-state index in [-0.39, 0.29) is 0 Å². The van der Waals surface area contributed by atoms with Crippen LogP contribution in [0.5, 0.6) is 0 Å². The van der Waals surface area contributed by atoms with Gasteiger partial charge in [-0.3, -0.25) is 4.68 Å². The molecule has 0 bridgehead atoms. The van der Waals surface area contributed by atoms with Gasteiger partial charge in [-0.15, -0.1) is 5.10 Å². The van der Waals surface area contributed by atoms with E-state index in [4.69, 9.17) is 0 Å². The van der Waals surface area contributed by atoms with Gasteiger partial charge in [-0.1, -0.05) is 37.1 Å². The smallest absolute Gasteiger partial charge is 0.0774 e. The maximum absolute atomic E-state index is 3.91. The Morgan fingerprint density at radius 2 is 1.95 bits per heavy atom. The zero-order valence-corrected chi connectivity index (χ0v) is 11.8. The molecule has 2 aromatic rings. The molecule has 0 aliphatic heterocycles. The van der Waals surface area contributed by atoms with Gasteiger partial charge >= 0.3 is 0 Å². The maximum atomic E-state index is 3.91. The summed E-state index contributed by atoms with van der Waals surface area (Å²) in [5.74, 6) is 0. The number of nitrogens with zero attached hydrogens (tertiary/aromatic N) is 3.